The van der Waals surface area contributed by atoms with Crippen LogP contribution in [0.25, 0.3) is 0 Å². The van der Waals surface area contributed by atoms with E-state index in [0.717, 1.165) is 25.7 Å². The van der Waals surface area contributed by atoms with Crippen LogP contribution in [0.2, 0.25) is 5.02 Å². The molecule has 0 aromatic heterocycles. The molecule has 3 aliphatic heterocycles. The molecule has 1 amide bonds. The van der Waals surface area contributed by atoms with Crippen molar-refractivity contribution in [2.75, 3.05) is 71.3 Å². The minimum Gasteiger partial charge on any atom is -0.490 e. The predicted molar refractivity (Wildman–Crippen MR) is 191 cm³/mol. The van der Waals surface area contributed by atoms with Gasteiger partial charge in [-0.05, 0) is 86.4 Å². The Bertz CT molecular complexity index is 1680. The summed E-state index contributed by atoms with van der Waals surface area (Å²) in [6.45, 7) is 7.33. The summed E-state index contributed by atoms with van der Waals surface area (Å²) in [5, 5.41) is -0.243. The standard InChI is InChI=1S/C37H49ClFN3O7S/c1-25-6-10-32(39)34(22-48-18-17-47-16-15-46-3)42-14-12-30(42)21-41-23-37(13-4-5-27-19-29(38)8-9-31(27)37)24-49-35-11-7-28(20-33(35)41)36(43)40-50(44,45)26(25)2/h7-11,19-20,25-26,30,34H,4-6,12-18,21-24H2,1-3H3,(H,40,43)/b32-10-/t25-,26+,30-,34-,37-/m0/s1. The number of allylic oxidation sites excluding steroid dienone is 1. The third kappa shape index (κ3) is 8.00. The fourth-order valence-corrected chi connectivity index (χ4v) is 9.16. The number of ether oxygens (including phenoxy) is 4. The topological polar surface area (TPSA) is 107 Å². The fraction of sp³-hybridized carbons (Fsp3) is 0.595. The number of carbonyl (C=O) groups is 1. The Morgan fingerprint density at radius 3 is 2.68 bits per heavy atom. The van der Waals surface area contributed by atoms with E-state index in [1.165, 1.54) is 17.2 Å². The monoisotopic (exact) mass is 733 g/mol. The number of fused-ring (bicyclic) bond motifs is 4. The zero-order chi connectivity index (χ0) is 35.5. The molecule has 13 heteroatoms. The summed E-state index contributed by atoms with van der Waals surface area (Å²) in [6, 6.07) is 10.6. The van der Waals surface area contributed by atoms with Crippen LogP contribution in [0.5, 0.6) is 5.75 Å². The van der Waals surface area contributed by atoms with Gasteiger partial charge in [-0.2, -0.15) is 0 Å². The maximum atomic E-state index is 16.3. The zero-order valence-electron chi connectivity index (χ0n) is 29.2. The number of aryl methyl sites for hydroxylation is 1. The molecular weight excluding hydrogens is 685 g/mol. The summed E-state index contributed by atoms with van der Waals surface area (Å²) in [6.07, 6.45) is 5.35. The van der Waals surface area contributed by atoms with Gasteiger partial charge in [0.2, 0.25) is 10.0 Å². The van der Waals surface area contributed by atoms with Crippen LogP contribution in [0.4, 0.5) is 10.1 Å². The first-order valence-electron chi connectivity index (χ1n) is 17.6. The van der Waals surface area contributed by atoms with E-state index >= 15 is 4.39 Å². The van der Waals surface area contributed by atoms with Crippen molar-refractivity contribution in [1.29, 1.82) is 0 Å². The van der Waals surface area contributed by atoms with E-state index in [2.05, 4.69) is 20.6 Å². The lowest BCUT2D eigenvalue weighted by Crippen LogP contribution is -2.60. The van der Waals surface area contributed by atoms with E-state index in [-0.39, 0.29) is 35.9 Å². The van der Waals surface area contributed by atoms with Gasteiger partial charge in [-0.1, -0.05) is 30.7 Å². The van der Waals surface area contributed by atoms with Crippen molar-refractivity contribution in [2.24, 2.45) is 5.92 Å². The van der Waals surface area contributed by atoms with Gasteiger partial charge in [0.25, 0.3) is 5.91 Å². The molecule has 6 rings (SSSR count). The Labute approximate surface area is 300 Å². The van der Waals surface area contributed by atoms with E-state index < -0.39 is 33.1 Å². The van der Waals surface area contributed by atoms with Crippen LogP contribution in [0.3, 0.4) is 0 Å². The number of nitrogens with one attached hydrogen (secondary N) is 1. The third-order valence-corrected chi connectivity index (χ3v) is 13.1. The van der Waals surface area contributed by atoms with Crippen LogP contribution in [-0.2, 0) is 36.1 Å². The van der Waals surface area contributed by atoms with Gasteiger partial charge >= 0.3 is 0 Å². The first-order valence-corrected chi connectivity index (χ1v) is 19.6. The smallest absolute Gasteiger partial charge is 0.264 e. The van der Waals surface area contributed by atoms with Crippen molar-refractivity contribution in [3.05, 3.63) is 70.0 Å². The zero-order valence-corrected chi connectivity index (χ0v) is 30.7. The summed E-state index contributed by atoms with van der Waals surface area (Å²) in [5.74, 6) is -0.886. The van der Waals surface area contributed by atoms with Crippen LogP contribution < -0.4 is 14.4 Å². The SMILES string of the molecule is COCCOCCOC[C@H]1/C(F)=C/C[C@H](C)[C@@H](C)S(=O)(=O)NC(=O)c2ccc3c(c2)N(C[C@@H]2CCN21)C[C@@]1(CCCc2cc(Cl)ccc21)CO3. The van der Waals surface area contributed by atoms with Crippen LogP contribution in [0, 0.1) is 5.92 Å². The highest BCUT2D eigenvalue weighted by atomic mass is 35.5. The largest absolute Gasteiger partial charge is 0.490 e. The molecule has 1 N–H and O–H groups in total. The quantitative estimate of drug-likeness (QED) is 0.363. The number of halogens is 2. The molecule has 50 heavy (non-hydrogen) atoms. The Morgan fingerprint density at radius 1 is 1.10 bits per heavy atom. The van der Waals surface area contributed by atoms with Gasteiger partial charge in [0.05, 0.1) is 56.6 Å². The van der Waals surface area contributed by atoms with Gasteiger partial charge in [0, 0.05) is 48.8 Å². The van der Waals surface area contributed by atoms with E-state index in [4.69, 9.17) is 30.5 Å². The Hall–Kier alpha value is -2.74. The fourth-order valence-electron chi connectivity index (χ4n) is 7.68. The highest BCUT2D eigenvalue weighted by Gasteiger charge is 2.44. The number of sulfonamides is 1. The van der Waals surface area contributed by atoms with Gasteiger partial charge in [0.15, 0.2) is 0 Å². The molecule has 2 aromatic carbocycles. The molecule has 0 radical (unpaired) electrons. The molecule has 3 heterocycles. The lowest BCUT2D eigenvalue weighted by molar-refractivity contribution is -0.0206. The summed E-state index contributed by atoms with van der Waals surface area (Å²) in [5.41, 5.74) is 3.02. The summed E-state index contributed by atoms with van der Waals surface area (Å²) in [4.78, 5) is 17.9. The number of hydrogen-bond donors (Lipinski definition) is 1. The minimum atomic E-state index is -4.07. The first-order chi connectivity index (χ1) is 24.0. The lowest BCUT2D eigenvalue weighted by Gasteiger charge is -2.49. The van der Waals surface area contributed by atoms with E-state index in [9.17, 15) is 13.2 Å². The number of carbonyl (C=O) groups excluding carboxylic acids is 1. The highest BCUT2D eigenvalue weighted by Crippen LogP contribution is 2.45. The molecule has 2 aromatic rings. The number of nitrogens with zero attached hydrogens (tertiary/aromatic N) is 2. The molecule has 1 spiro atoms. The maximum Gasteiger partial charge on any atom is 0.264 e. The molecule has 274 valence electrons. The average molecular weight is 734 g/mol. The number of benzene rings is 2. The van der Waals surface area contributed by atoms with Crippen LogP contribution in [0.1, 0.15) is 61.0 Å². The van der Waals surface area contributed by atoms with Gasteiger partial charge in [-0.25, -0.2) is 17.5 Å². The Morgan fingerprint density at radius 2 is 1.90 bits per heavy atom. The average Bonchev–Trinajstić information content (AvgIpc) is 3.23. The number of rotatable bonds is 8. The van der Waals surface area contributed by atoms with Gasteiger partial charge in [-0.15, -0.1) is 0 Å². The number of hydrogen-bond acceptors (Lipinski definition) is 9. The molecule has 1 fully saturated rings. The van der Waals surface area contributed by atoms with E-state index in [0.29, 0.717) is 69.1 Å². The summed E-state index contributed by atoms with van der Waals surface area (Å²) < 4.78 is 68.4. The van der Waals surface area contributed by atoms with Crippen molar-refractivity contribution >= 4 is 33.2 Å². The molecule has 0 saturated carbocycles. The molecule has 1 aliphatic carbocycles. The molecule has 0 unspecified atom stereocenters. The second-order valence-electron chi connectivity index (χ2n) is 14.1. The second-order valence-corrected chi connectivity index (χ2v) is 16.6. The number of amides is 1. The molecule has 5 atom stereocenters. The van der Waals surface area contributed by atoms with Crippen LogP contribution in [-0.4, -0.2) is 103 Å². The van der Waals surface area contributed by atoms with E-state index in [1.54, 1.807) is 39.2 Å². The normalized spacial score (nSPS) is 29.4. The third-order valence-electron chi connectivity index (χ3n) is 10.9. The van der Waals surface area contributed by atoms with Crippen molar-refractivity contribution in [3.8, 4) is 5.75 Å². The summed E-state index contributed by atoms with van der Waals surface area (Å²) in [7, 11) is -2.46. The number of anilines is 1. The van der Waals surface area contributed by atoms with Crippen LogP contribution in [0.15, 0.2) is 48.3 Å². The molecule has 1 saturated heterocycles. The van der Waals surface area contributed by atoms with Gasteiger partial charge in [0.1, 0.15) is 11.6 Å². The van der Waals surface area contributed by atoms with Gasteiger partial charge < -0.3 is 23.8 Å². The first kappa shape index (κ1) is 37.0. The lowest BCUT2D eigenvalue weighted by atomic mass is 9.70. The van der Waals surface area contributed by atoms with Crippen molar-refractivity contribution in [2.45, 2.75) is 68.7 Å². The highest BCUT2D eigenvalue weighted by molar-refractivity contribution is 7.90. The Kier molecular flexibility index (Phi) is 11.8. The number of methoxy groups -OCH3 is 1. The predicted octanol–water partition coefficient (Wildman–Crippen LogP) is 5.28. The minimum absolute atomic E-state index is 0.000838. The van der Waals surface area contributed by atoms with Crippen molar-refractivity contribution in [1.82, 2.24) is 9.62 Å². The molecule has 2 bridgehead atoms. The maximum absolute atomic E-state index is 16.3. The van der Waals surface area contributed by atoms with Crippen molar-refractivity contribution < 1.29 is 36.6 Å². The Balaban J connectivity index is 1.36. The van der Waals surface area contributed by atoms with Crippen molar-refractivity contribution in [3.63, 3.8) is 0 Å². The van der Waals surface area contributed by atoms with Gasteiger partial charge in [-0.3, -0.25) is 9.69 Å². The molecule has 10 nitrogen and oxygen atoms in total. The molecule has 4 aliphatic rings. The van der Waals surface area contributed by atoms with E-state index in [1.807, 2.05) is 12.1 Å². The molecular formula is C37H49ClFN3O7S. The summed E-state index contributed by atoms with van der Waals surface area (Å²) >= 11 is 6.43. The second kappa shape index (κ2) is 15.9. The van der Waals surface area contributed by atoms with Crippen LogP contribution >= 0.6 is 11.6 Å².